The molecule has 0 bridgehead atoms. The number of aromatic amines is 1. The first-order valence-corrected chi connectivity index (χ1v) is 6.71. The molecular formula is C11H13N2O6P. The fourth-order valence-electron chi connectivity index (χ4n) is 1.88. The Balaban J connectivity index is 2.00. The zero-order chi connectivity index (χ0) is 14.5. The van der Waals surface area contributed by atoms with Crippen molar-refractivity contribution in [3.8, 4) is 5.81 Å². The first-order valence-electron chi connectivity index (χ1n) is 5.90. The van der Waals surface area contributed by atoms with Gasteiger partial charge in [0, 0.05) is 0 Å². The second-order valence-electron chi connectivity index (χ2n) is 4.19. The van der Waals surface area contributed by atoms with Crippen LogP contribution in [0.25, 0.3) is 0 Å². The van der Waals surface area contributed by atoms with E-state index in [4.69, 9.17) is 9.47 Å². The summed E-state index contributed by atoms with van der Waals surface area (Å²) in [6.07, 6.45) is 1.59. The molecule has 2 unspecified atom stereocenters. The van der Waals surface area contributed by atoms with Crippen LogP contribution in [0.1, 0.15) is 24.6 Å². The van der Waals surface area contributed by atoms with E-state index in [1.54, 1.807) is 6.92 Å². The Hall–Kier alpha value is -1.43. The SMILES string of the molecule is Cc1cn(C2CCC(OCOC#P=O)O2)c(=O)[nH]c1=O. The minimum absolute atomic E-state index is 0.133. The fraction of sp³-hybridized carbons (Fsp3) is 0.545. The number of aryl methyl sites for hydroxylation is 1. The van der Waals surface area contributed by atoms with Gasteiger partial charge in [-0.3, -0.25) is 0 Å². The standard InChI is InChI=1S/C11H13N2O6P/c1-7-4-13(11(15)12-10(7)14)8-2-3-9(19-8)18-5-17-6-20-16/h4,8-9H,2-3,5H2,1H3,(H,12,14,15). The maximum atomic E-state index is 11.7. The number of H-pyrrole nitrogens is 1. The summed E-state index contributed by atoms with van der Waals surface area (Å²) in [7, 11) is -0.356. The molecule has 20 heavy (non-hydrogen) atoms. The first-order chi connectivity index (χ1) is 9.61. The maximum absolute atomic E-state index is 11.7. The predicted molar refractivity (Wildman–Crippen MR) is 67.7 cm³/mol. The molecule has 1 N–H and O–H groups in total. The van der Waals surface area contributed by atoms with Crippen molar-refractivity contribution in [2.75, 3.05) is 6.79 Å². The summed E-state index contributed by atoms with van der Waals surface area (Å²) < 4.78 is 26.8. The Kier molecular flexibility index (Phi) is 5.11. The monoisotopic (exact) mass is 300 g/mol. The summed E-state index contributed by atoms with van der Waals surface area (Å²) in [5, 5.41) is 0. The van der Waals surface area contributed by atoms with E-state index in [0.717, 1.165) is 0 Å². The molecule has 0 radical (unpaired) electrons. The number of rotatable bonds is 4. The summed E-state index contributed by atoms with van der Waals surface area (Å²) in [5.74, 6) is 2.08. The molecule has 0 aromatic carbocycles. The van der Waals surface area contributed by atoms with E-state index >= 15 is 0 Å². The Morgan fingerprint density at radius 1 is 1.55 bits per heavy atom. The topological polar surface area (TPSA) is 99.6 Å². The van der Waals surface area contributed by atoms with Crippen molar-refractivity contribution in [3.63, 3.8) is 0 Å². The van der Waals surface area contributed by atoms with Gasteiger partial charge in [-0.05, 0) is 0 Å². The second-order valence-corrected chi connectivity index (χ2v) is 4.55. The molecule has 108 valence electrons. The van der Waals surface area contributed by atoms with Crippen LogP contribution >= 0.6 is 7.92 Å². The van der Waals surface area contributed by atoms with Gasteiger partial charge in [0.1, 0.15) is 0 Å². The molecule has 9 heteroatoms. The molecule has 1 saturated heterocycles. The van der Waals surface area contributed by atoms with Gasteiger partial charge < -0.3 is 0 Å². The van der Waals surface area contributed by atoms with Crippen molar-refractivity contribution in [1.29, 1.82) is 0 Å². The summed E-state index contributed by atoms with van der Waals surface area (Å²) in [5.41, 5.74) is -0.498. The number of nitrogens with zero attached hydrogens (tertiary/aromatic N) is 1. The predicted octanol–water partition coefficient (Wildman–Crippen LogP) is 0.679. The Bertz CT molecular complexity index is 691. The number of nitrogens with one attached hydrogen (secondary N) is 1. The molecular weight excluding hydrogens is 287 g/mol. The van der Waals surface area contributed by atoms with Gasteiger partial charge in [0.05, 0.1) is 0 Å². The number of hydrogen-bond acceptors (Lipinski definition) is 6. The summed E-state index contributed by atoms with van der Waals surface area (Å²) in [6.45, 7) is 1.48. The molecule has 1 aliphatic rings. The normalized spacial score (nSPS) is 21.6. The third-order valence-corrected chi connectivity index (χ3v) is 3.03. The summed E-state index contributed by atoms with van der Waals surface area (Å²) >= 11 is 0. The van der Waals surface area contributed by atoms with Crippen LogP contribution in [0.5, 0.6) is 0 Å². The molecule has 0 spiro atoms. The van der Waals surface area contributed by atoms with Gasteiger partial charge in [-0.25, -0.2) is 0 Å². The van der Waals surface area contributed by atoms with E-state index < -0.39 is 23.8 Å². The van der Waals surface area contributed by atoms with E-state index in [0.29, 0.717) is 18.4 Å². The molecule has 2 rings (SSSR count). The number of aromatic nitrogens is 2. The average molecular weight is 300 g/mol. The Labute approximate surface area is 114 Å². The van der Waals surface area contributed by atoms with Crippen LogP contribution in [0.15, 0.2) is 15.8 Å². The van der Waals surface area contributed by atoms with Crippen molar-refractivity contribution in [1.82, 2.24) is 9.55 Å². The summed E-state index contributed by atoms with van der Waals surface area (Å²) in [4.78, 5) is 25.2. The molecule has 0 saturated carbocycles. The van der Waals surface area contributed by atoms with Crippen molar-refractivity contribution in [2.24, 2.45) is 0 Å². The molecule has 0 aliphatic carbocycles. The van der Waals surface area contributed by atoms with Gasteiger partial charge >= 0.3 is 114 Å². The molecule has 1 aromatic rings. The zero-order valence-corrected chi connectivity index (χ0v) is 11.6. The van der Waals surface area contributed by atoms with Gasteiger partial charge in [-0.2, -0.15) is 0 Å². The molecule has 1 aliphatic heterocycles. The van der Waals surface area contributed by atoms with Crippen LogP contribution < -0.4 is 11.2 Å². The van der Waals surface area contributed by atoms with Gasteiger partial charge in [-0.1, -0.05) is 0 Å². The third kappa shape index (κ3) is 3.56. The van der Waals surface area contributed by atoms with Gasteiger partial charge in [0.25, 0.3) is 0 Å². The van der Waals surface area contributed by atoms with Crippen LogP contribution in [0.2, 0.25) is 0 Å². The fourth-order valence-corrected chi connectivity index (χ4v) is 1.99. The average Bonchev–Trinajstić information content (AvgIpc) is 2.87. The van der Waals surface area contributed by atoms with Crippen molar-refractivity contribution < 1.29 is 18.8 Å². The van der Waals surface area contributed by atoms with Gasteiger partial charge in [0.15, 0.2) is 0 Å². The van der Waals surface area contributed by atoms with Crippen molar-refractivity contribution in [3.05, 3.63) is 32.6 Å². The zero-order valence-electron chi connectivity index (χ0n) is 10.7. The summed E-state index contributed by atoms with van der Waals surface area (Å²) in [6, 6.07) is 0. The van der Waals surface area contributed by atoms with Crippen LogP contribution in [0.3, 0.4) is 0 Å². The Morgan fingerprint density at radius 2 is 2.35 bits per heavy atom. The van der Waals surface area contributed by atoms with Crippen molar-refractivity contribution >= 4 is 7.92 Å². The molecule has 2 heterocycles. The first kappa shape index (κ1) is 15.0. The van der Waals surface area contributed by atoms with Crippen LogP contribution in [0.4, 0.5) is 0 Å². The molecule has 0 amide bonds. The Morgan fingerprint density at radius 3 is 3.10 bits per heavy atom. The third-order valence-electron chi connectivity index (χ3n) is 2.83. The van der Waals surface area contributed by atoms with Crippen LogP contribution in [-0.4, -0.2) is 22.6 Å². The number of ether oxygens (including phenoxy) is 3. The van der Waals surface area contributed by atoms with E-state index in [1.165, 1.54) is 10.8 Å². The van der Waals surface area contributed by atoms with E-state index in [2.05, 4.69) is 15.5 Å². The van der Waals surface area contributed by atoms with E-state index in [1.807, 2.05) is 0 Å². The minimum atomic E-state index is -0.524. The van der Waals surface area contributed by atoms with E-state index in [9.17, 15) is 14.2 Å². The van der Waals surface area contributed by atoms with Gasteiger partial charge in [-0.15, -0.1) is 0 Å². The van der Waals surface area contributed by atoms with Crippen molar-refractivity contribution in [2.45, 2.75) is 32.3 Å². The quantitative estimate of drug-likeness (QED) is 0.498. The molecule has 2 atom stereocenters. The van der Waals surface area contributed by atoms with Gasteiger partial charge in [0.2, 0.25) is 0 Å². The van der Waals surface area contributed by atoms with E-state index in [-0.39, 0.29) is 14.7 Å². The molecule has 1 aromatic heterocycles. The van der Waals surface area contributed by atoms with Crippen LogP contribution in [-0.2, 0) is 18.8 Å². The second kappa shape index (κ2) is 6.83. The molecule has 1 fully saturated rings. The number of hydrogen-bond donors (Lipinski definition) is 1. The van der Waals surface area contributed by atoms with Crippen LogP contribution in [0, 0.1) is 12.7 Å². The molecule has 8 nitrogen and oxygen atoms in total.